The van der Waals surface area contributed by atoms with Gasteiger partial charge in [-0.25, -0.2) is 4.39 Å². The highest BCUT2D eigenvalue weighted by Crippen LogP contribution is 2.37. The minimum atomic E-state index is -0.564. The highest BCUT2D eigenvalue weighted by Gasteiger charge is 2.25. The molecule has 0 spiro atoms. The lowest BCUT2D eigenvalue weighted by molar-refractivity contribution is 0.300. The Bertz CT molecular complexity index is 399. The Morgan fingerprint density at radius 1 is 1.29 bits per heavy atom. The zero-order valence-corrected chi connectivity index (χ0v) is 10.2. The summed E-state index contributed by atoms with van der Waals surface area (Å²) in [5.74, 6) is -0.462. The molecule has 3 N–H and O–H groups in total. The standard InChI is InChI=1S/C14H20FNO/c1-9-7-11(14(17)12(15)8-9)13(16)10-5-3-2-4-6-10/h7-8,10,13,17H,2-6,16H2,1H3/t13-/m1/s1. The highest BCUT2D eigenvalue weighted by molar-refractivity contribution is 5.39. The lowest BCUT2D eigenvalue weighted by atomic mass is 9.81. The van der Waals surface area contributed by atoms with Gasteiger partial charge in [0, 0.05) is 11.6 Å². The van der Waals surface area contributed by atoms with E-state index in [1.165, 1.54) is 25.3 Å². The van der Waals surface area contributed by atoms with Crippen LogP contribution in [0.2, 0.25) is 0 Å². The lowest BCUT2D eigenvalue weighted by Crippen LogP contribution is -2.23. The minimum Gasteiger partial charge on any atom is -0.505 e. The molecule has 0 radical (unpaired) electrons. The molecule has 1 aliphatic carbocycles. The monoisotopic (exact) mass is 237 g/mol. The summed E-state index contributed by atoms with van der Waals surface area (Å²) in [6.07, 6.45) is 5.80. The fourth-order valence-electron chi connectivity index (χ4n) is 2.76. The Morgan fingerprint density at radius 3 is 2.59 bits per heavy atom. The van der Waals surface area contributed by atoms with Gasteiger partial charge in [-0.15, -0.1) is 0 Å². The van der Waals surface area contributed by atoms with Crippen molar-refractivity contribution in [2.75, 3.05) is 0 Å². The van der Waals surface area contributed by atoms with Crippen molar-refractivity contribution in [3.8, 4) is 5.75 Å². The van der Waals surface area contributed by atoms with Crippen molar-refractivity contribution in [3.63, 3.8) is 0 Å². The number of nitrogens with two attached hydrogens (primary N) is 1. The van der Waals surface area contributed by atoms with E-state index >= 15 is 0 Å². The van der Waals surface area contributed by atoms with E-state index in [4.69, 9.17) is 5.73 Å². The van der Waals surface area contributed by atoms with Gasteiger partial charge in [0.25, 0.3) is 0 Å². The summed E-state index contributed by atoms with van der Waals surface area (Å²) >= 11 is 0. The first-order valence-corrected chi connectivity index (χ1v) is 6.34. The van der Waals surface area contributed by atoms with Crippen LogP contribution in [0.25, 0.3) is 0 Å². The third-order valence-electron chi connectivity index (χ3n) is 3.75. The second-order valence-electron chi connectivity index (χ2n) is 5.11. The predicted octanol–water partition coefficient (Wildman–Crippen LogP) is 3.42. The molecule has 1 fully saturated rings. The van der Waals surface area contributed by atoms with Crippen molar-refractivity contribution in [1.82, 2.24) is 0 Å². The highest BCUT2D eigenvalue weighted by atomic mass is 19.1. The Morgan fingerprint density at radius 2 is 1.94 bits per heavy atom. The fraction of sp³-hybridized carbons (Fsp3) is 0.571. The van der Waals surface area contributed by atoms with E-state index in [1.54, 1.807) is 6.07 Å². The first-order valence-electron chi connectivity index (χ1n) is 6.34. The number of hydrogen-bond acceptors (Lipinski definition) is 2. The number of benzene rings is 1. The van der Waals surface area contributed by atoms with Gasteiger partial charge in [-0.1, -0.05) is 25.3 Å². The second-order valence-corrected chi connectivity index (χ2v) is 5.11. The molecule has 17 heavy (non-hydrogen) atoms. The van der Waals surface area contributed by atoms with Crippen LogP contribution in [0, 0.1) is 18.7 Å². The van der Waals surface area contributed by atoms with Gasteiger partial charge >= 0.3 is 0 Å². The smallest absolute Gasteiger partial charge is 0.165 e. The first-order chi connectivity index (χ1) is 8.09. The summed E-state index contributed by atoms with van der Waals surface area (Å²) in [6.45, 7) is 1.82. The fourth-order valence-corrected chi connectivity index (χ4v) is 2.76. The van der Waals surface area contributed by atoms with Gasteiger partial charge in [0.2, 0.25) is 0 Å². The molecule has 0 bridgehead atoms. The Hall–Kier alpha value is -1.09. The zero-order valence-electron chi connectivity index (χ0n) is 10.2. The van der Waals surface area contributed by atoms with Crippen molar-refractivity contribution in [3.05, 3.63) is 29.1 Å². The molecule has 0 heterocycles. The van der Waals surface area contributed by atoms with Crippen molar-refractivity contribution < 1.29 is 9.50 Å². The van der Waals surface area contributed by atoms with Crippen LogP contribution < -0.4 is 5.73 Å². The summed E-state index contributed by atoms with van der Waals surface area (Å²) in [6, 6.07) is 2.90. The van der Waals surface area contributed by atoms with Crippen LogP contribution in [0.3, 0.4) is 0 Å². The van der Waals surface area contributed by atoms with E-state index in [0.29, 0.717) is 11.5 Å². The van der Waals surface area contributed by atoms with E-state index < -0.39 is 5.82 Å². The molecule has 0 saturated heterocycles. The van der Waals surface area contributed by atoms with Crippen molar-refractivity contribution in [2.24, 2.45) is 11.7 Å². The maximum Gasteiger partial charge on any atom is 0.165 e. The van der Waals surface area contributed by atoms with Crippen molar-refractivity contribution in [1.29, 1.82) is 0 Å². The molecule has 94 valence electrons. The quantitative estimate of drug-likeness (QED) is 0.827. The number of rotatable bonds is 2. The molecular formula is C14H20FNO. The minimum absolute atomic E-state index is 0.246. The molecule has 1 aromatic rings. The molecule has 0 aliphatic heterocycles. The molecule has 1 aliphatic rings. The number of hydrogen-bond donors (Lipinski definition) is 2. The molecule has 2 nitrogen and oxygen atoms in total. The van der Waals surface area contributed by atoms with Crippen LogP contribution in [0.4, 0.5) is 4.39 Å². The molecule has 2 rings (SSSR count). The van der Waals surface area contributed by atoms with Crippen LogP contribution >= 0.6 is 0 Å². The van der Waals surface area contributed by atoms with Gasteiger partial charge in [-0.05, 0) is 37.3 Å². The Kier molecular flexibility index (Phi) is 3.67. The topological polar surface area (TPSA) is 46.2 Å². The number of phenols is 1. The maximum atomic E-state index is 13.5. The molecule has 0 unspecified atom stereocenters. The molecule has 1 atom stereocenters. The second kappa shape index (κ2) is 5.05. The van der Waals surface area contributed by atoms with E-state index in [-0.39, 0.29) is 11.8 Å². The third-order valence-corrected chi connectivity index (χ3v) is 3.75. The third kappa shape index (κ3) is 2.60. The summed E-state index contributed by atoms with van der Waals surface area (Å²) in [5.41, 5.74) is 7.55. The SMILES string of the molecule is Cc1cc(F)c(O)c([C@H](N)C2CCCCC2)c1. The van der Waals surface area contributed by atoms with E-state index in [2.05, 4.69) is 0 Å². The molecular weight excluding hydrogens is 217 g/mol. The van der Waals surface area contributed by atoms with Gasteiger partial charge < -0.3 is 10.8 Å². The van der Waals surface area contributed by atoms with Crippen LogP contribution in [-0.4, -0.2) is 5.11 Å². The summed E-state index contributed by atoms with van der Waals surface area (Å²) in [4.78, 5) is 0. The summed E-state index contributed by atoms with van der Waals surface area (Å²) in [5, 5.41) is 9.77. The number of aryl methyl sites for hydroxylation is 1. The van der Waals surface area contributed by atoms with Crippen LogP contribution in [0.15, 0.2) is 12.1 Å². The zero-order chi connectivity index (χ0) is 12.4. The van der Waals surface area contributed by atoms with Crippen LogP contribution in [-0.2, 0) is 0 Å². The van der Waals surface area contributed by atoms with Crippen LogP contribution in [0.5, 0.6) is 5.75 Å². The largest absolute Gasteiger partial charge is 0.505 e. The summed E-state index contributed by atoms with van der Waals surface area (Å²) in [7, 11) is 0. The molecule has 0 aromatic heterocycles. The number of phenolic OH excluding ortho intramolecular Hbond substituents is 1. The first kappa shape index (κ1) is 12.4. The summed E-state index contributed by atoms with van der Waals surface area (Å²) < 4.78 is 13.5. The van der Waals surface area contributed by atoms with Crippen molar-refractivity contribution >= 4 is 0 Å². The van der Waals surface area contributed by atoms with Crippen molar-refractivity contribution in [2.45, 2.75) is 45.1 Å². The van der Waals surface area contributed by atoms with Gasteiger partial charge in [-0.2, -0.15) is 0 Å². The Balaban J connectivity index is 2.26. The molecule has 1 aromatic carbocycles. The van der Waals surface area contributed by atoms with E-state index in [9.17, 15) is 9.50 Å². The average Bonchev–Trinajstić information content (AvgIpc) is 2.34. The molecule has 3 heteroatoms. The van der Waals surface area contributed by atoms with Gasteiger partial charge in [0.15, 0.2) is 11.6 Å². The molecule has 1 saturated carbocycles. The Labute approximate surface area is 102 Å². The maximum absolute atomic E-state index is 13.5. The average molecular weight is 237 g/mol. The number of halogens is 1. The van der Waals surface area contributed by atoms with Gasteiger partial charge in [0.05, 0.1) is 0 Å². The number of aromatic hydroxyl groups is 1. The van der Waals surface area contributed by atoms with E-state index in [0.717, 1.165) is 18.4 Å². The van der Waals surface area contributed by atoms with Gasteiger partial charge in [-0.3, -0.25) is 0 Å². The van der Waals surface area contributed by atoms with E-state index in [1.807, 2.05) is 6.92 Å². The van der Waals surface area contributed by atoms with Gasteiger partial charge in [0.1, 0.15) is 0 Å². The van der Waals surface area contributed by atoms with Crippen LogP contribution in [0.1, 0.15) is 49.3 Å². The predicted molar refractivity (Wildman–Crippen MR) is 66.3 cm³/mol. The normalized spacial score (nSPS) is 19.2. The lowest BCUT2D eigenvalue weighted by Gasteiger charge is -2.28. The molecule has 0 amide bonds.